The number of hydrogen-bond acceptors (Lipinski definition) is 6. The van der Waals surface area contributed by atoms with E-state index in [9.17, 15) is 4.79 Å². The maximum absolute atomic E-state index is 11.1. The Morgan fingerprint density at radius 3 is 2.34 bits per heavy atom. The van der Waals surface area contributed by atoms with Crippen LogP contribution in [0.4, 0.5) is 11.5 Å². The number of pyridine rings is 3. The maximum atomic E-state index is 11.1. The summed E-state index contributed by atoms with van der Waals surface area (Å²) in [5, 5.41) is 13.4. The van der Waals surface area contributed by atoms with E-state index in [1.54, 1.807) is 24.4 Å². The summed E-state index contributed by atoms with van der Waals surface area (Å²) >= 11 is 0. The Bertz CT molecular complexity index is 2220. The topological polar surface area (TPSA) is 85.1 Å². The van der Waals surface area contributed by atoms with Crippen molar-refractivity contribution in [2.24, 2.45) is 0 Å². The molecule has 212 valence electrons. The molecule has 7 nitrogen and oxygen atoms in total. The largest absolute Gasteiger partial charge is 0.338 e. The van der Waals surface area contributed by atoms with E-state index in [1.807, 2.05) is 35.0 Å². The number of nitrogens with one attached hydrogen (secondary N) is 1. The number of anilines is 2. The van der Waals surface area contributed by atoms with E-state index in [1.165, 1.54) is 5.56 Å². The molecule has 7 aromatic rings. The van der Waals surface area contributed by atoms with E-state index >= 15 is 0 Å². The van der Waals surface area contributed by atoms with Gasteiger partial charge in [0, 0.05) is 40.8 Å². The average molecular weight is 573 g/mol. The highest BCUT2D eigenvalue weighted by atomic mass is 16.1. The molecule has 0 atom stereocenters. The molecule has 0 aliphatic carbocycles. The summed E-state index contributed by atoms with van der Waals surface area (Å²) in [6.45, 7) is 8.14. The van der Waals surface area contributed by atoms with Crippen molar-refractivity contribution in [3.8, 4) is 33.6 Å². The lowest BCUT2D eigenvalue weighted by Crippen LogP contribution is -2.00. The van der Waals surface area contributed by atoms with Crippen LogP contribution in [0.1, 0.15) is 27.0 Å². The summed E-state index contributed by atoms with van der Waals surface area (Å²) in [7, 11) is 0. The second kappa shape index (κ2) is 11.0. The third-order valence-electron chi connectivity index (χ3n) is 8.09. The number of carbonyl (C=O) groups excluding carboxylic acids is 1. The fraction of sp³-hybridized carbons (Fsp3) is 0.0541. The van der Waals surface area contributed by atoms with Crippen molar-refractivity contribution in [1.29, 1.82) is 0 Å². The van der Waals surface area contributed by atoms with Gasteiger partial charge in [0.05, 0.1) is 0 Å². The van der Waals surface area contributed by atoms with Crippen LogP contribution in [0.5, 0.6) is 0 Å². The first-order chi connectivity index (χ1) is 21.5. The monoisotopic (exact) mass is 572 g/mol. The molecule has 0 unspecified atom stereocenters. The number of benzene rings is 3. The first kappa shape index (κ1) is 26.9. The Balaban J connectivity index is 1.23. The maximum Gasteiger partial charge on any atom is 0.168 e. The van der Waals surface area contributed by atoms with Crippen LogP contribution in [0.2, 0.25) is 0 Å². The van der Waals surface area contributed by atoms with E-state index in [-0.39, 0.29) is 0 Å². The normalized spacial score (nSPS) is 11.1. The minimum atomic E-state index is 0.626. The third-order valence-corrected chi connectivity index (χ3v) is 8.09. The van der Waals surface area contributed by atoms with Gasteiger partial charge in [-0.15, -0.1) is 10.2 Å². The summed E-state index contributed by atoms with van der Waals surface area (Å²) in [6, 6.07) is 28.2. The quantitative estimate of drug-likeness (QED) is 0.193. The van der Waals surface area contributed by atoms with Gasteiger partial charge in [-0.05, 0) is 83.1 Å². The number of nitrogens with zero attached hydrogens (tertiary/aromatic N) is 5. The van der Waals surface area contributed by atoms with Gasteiger partial charge in [-0.25, -0.2) is 4.98 Å². The molecule has 0 saturated carbocycles. The van der Waals surface area contributed by atoms with Crippen molar-refractivity contribution in [3.05, 3.63) is 132 Å². The molecule has 44 heavy (non-hydrogen) atoms. The summed E-state index contributed by atoms with van der Waals surface area (Å²) < 4.78 is 1.96. The number of aldehydes is 1. The zero-order chi connectivity index (χ0) is 30.2. The molecule has 0 saturated heterocycles. The minimum Gasteiger partial charge on any atom is -0.338 e. The lowest BCUT2D eigenvalue weighted by molar-refractivity contribution is 0.112. The lowest BCUT2D eigenvalue weighted by atomic mass is 9.90. The van der Waals surface area contributed by atoms with E-state index in [0.29, 0.717) is 11.4 Å². The van der Waals surface area contributed by atoms with Crippen LogP contribution in [0, 0.1) is 13.8 Å². The van der Waals surface area contributed by atoms with Gasteiger partial charge in [0.2, 0.25) is 0 Å². The van der Waals surface area contributed by atoms with E-state index in [2.05, 4.69) is 101 Å². The van der Waals surface area contributed by atoms with E-state index in [0.717, 1.165) is 73.3 Å². The molecule has 0 fully saturated rings. The lowest BCUT2D eigenvalue weighted by Gasteiger charge is -2.17. The van der Waals surface area contributed by atoms with Crippen LogP contribution in [0.3, 0.4) is 0 Å². The Morgan fingerprint density at radius 1 is 0.773 bits per heavy atom. The van der Waals surface area contributed by atoms with Crippen LogP contribution in [0.15, 0.2) is 110 Å². The number of fused-ring (bicyclic) bond motifs is 2. The van der Waals surface area contributed by atoms with Gasteiger partial charge in [-0.1, -0.05) is 67.3 Å². The fourth-order valence-corrected chi connectivity index (χ4v) is 5.68. The van der Waals surface area contributed by atoms with Crippen LogP contribution in [0.25, 0.3) is 56.3 Å². The Kier molecular flexibility index (Phi) is 6.75. The third kappa shape index (κ3) is 4.70. The molecule has 0 bridgehead atoms. The van der Waals surface area contributed by atoms with Crippen LogP contribution >= 0.6 is 0 Å². The highest BCUT2D eigenvalue weighted by Crippen LogP contribution is 2.37. The zero-order valence-corrected chi connectivity index (χ0v) is 24.3. The Labute approximate surface area is 254 Å². The summed E-state index contributed by atoms with van der Waals surface area (Å²) in [5.41, 5.74) is 11.8. The van der Waals surface area contributed by atoms with Crippen LogP contribution in [-0.2, 0) is 0 Å². The molecule has 7 heteroatoms. The fourth-order valence-electron chi connectivity index (χ4n) is 5.68. The smallest absolute Gasteiger partial charge is 0.168 e. The SMILES string of the molecule is C=Cc1cnc2c(Nc3cccc(-c4cccc(-c5ccn6c(-c7ccc(C=O)cc7)nnc6c5)c4C)c3C)nccc2c1. The molecule has 7 rings (SSSR count). The Hall–Kier alpha value is -5.95. The van der Waals surface area contributed by atoms with Crippen LogP contribution < -0.4 is 5.32 Å². The van der Waals surface area contributed by atoms with Gasteiger partial charge in [-0.3, -0.25) is 14.2 Å². The highest BCUT2D eigenvalue weighted by Gasteiger charge is 2.15. The van der Waals surface area contributed by atoms with Gasteiger partial charge in [0.1, 0.15) is 11.8 Å². The van der Waals surface area contributed by atoms with E-state index in [4.69, 9.17) is 0 Å². The van der Waals surface area contributed by atoms with Crippen molar-refractivity contribution < 1.29 is 4.79 Å². The summed E-state index contributed by atoms with van der Waals surface area (Å²) in [4.78, 5) is 20.3. The number of aromatic nitrogens is 5. The van der Waals surface area contributed by atoms with Gasteiger partial charge in [0.25, 0.3) is 0 Å². The predicted octanol–water partition coefficient (Wildman–Crippen LogP) is 8.49. The molecule has 4 heterocycles. The molecule has 0 spiro atoms. The number of hydrogen-bond donors (Lipinski definition) is 1. The Morgan fingerprint density at radius 2 is 1.55 bits per heavy atom. The van der Waals surface area contributed by atoms with Gasteiger partial charge >= 0.3 is 0 Å². The predicted molar refractivity (Wildman–Crippen MR) is 177 cm³/mol. The second-order valence-electron chi connectivity index (χ2n) is 10.7. The summed E-state index contributed by atoms with van der Waals surface area (Å²) in [6.07, 6.45) is 8.23. The van der Waals surface area contributed by atoms with Gasteiger partial charge in [0.15, 0.2) is 17.3 Å². The van der Waals surface area contributed by atoms with Crippen molar-refractivity contribution in [2.75, 3.05) is 5.32 Å². The average Bonchev–Trinajstić information content (AvgIpc) is 3.49. The molecule has 0 radical (unpaired) electrons. The second-order valence-corrected chi connectivity index (χ2v) is 10.7. The standard InChI is InChI=1S/C37H28N6O/c1-4-25-19-29-15-17-38-36(35(29)39-21-25)40-33-10-6-9-32(24(33)3)31-8-5-7-30(23(31)2)28-16-18-43-34(20-28)41-42-37(43)27-13-11-26(22-44)12-14-27/h4-22H,1H2,2-3H3,(H,38,40). The number of rotatable bonds is 7. The molecule has 0 aliphatic rings. The first-order valence-electron chi connectivity index (χ1n) is 14.3. The van der Waals surface area contributed by atoms with Crippen molar-refractivity contribution in [2.45, 2.75) is 13.8 Å². The van der Waals surface area contributed by atoms with E-state index < -0.39 is 0 Å². The minimum absolute atomic E-state index is 0.626. The first-order valence-corrected chi connectivity index (χ1v) is 14.3. The molecule has 0 amide bonds. The zero-order valence-electron chi connectivity index (χ0n) is 24.3. The van der Waals surface area contributed by atoms with Crippen molar-refractivity contribution in [1.82, 2.24) is 24.6 Å². The summed E-state index contributed by atoms with van der Waals surface area (Å²) in [5.74, 6) is 1.44. The van der Waals surface area contributed by atoms with Crippen molar-refractivity contribution in [3.63, 3.8) is 0 Å². The van der Waals surface area contributed by atoms with Crippen molar-refractivity contribution >= 4 is 40.4 Å². The molecule has 4 aromatic heterocycles. The molecule has 0 aliphatic heterocycles. The van der Waals surface area contributed by atoms with Gasteiger partial charge in [-0.2, -0.15) is 0 Å². The molecule has 3 aromatic carbocycles. The molecular weight excluding hydrogens is 544 g/mol. The molecule has 1 N–H and O–H groups in total. The van der Waals surface area contributed by atoms with Crippen LogP contribution in [-0.4, -0.2) is 30.9 Å². The number of carbonyl (C=O) groups is 1. The molecular formula is C37H28N6O. The van der Waals surface area contributed by atoms with Gasteiger partial charge < -0.3 is 5.32 Å². The highest BCUT2D eigenvalue weighted by molar-refractivity contribution is 5.92.